The number of amides is 3. The zero-order chi connectivity index (χ0) is 17.3. The molecule has 0 aliphatic rings. The Hall–Kier alpha value is -2.35. The molecule has 0 fully saturated rings. The second kappa shape index (κ2) is 8.94. The molecule has 0 saturated heterocycles. The van der Waals surface area contributed by atoms with E-state index in [4.69, 9.17) is 0 Å². The van der Waals surface area contributed by atoms with E-state index in [1.807, 2.05) is 11.6 Å². The highest BCUT2D eigenvalue weighted by Gasteiger charge is 2.17. The third kappa shape index (κ3) is 6.52. The second-order valence-corrected chi connectivity index (χ2v) is 6.41. The molecule has 3 N–H and O–H groups in total. The number of allylic oxidation sites excluding steroid dienone is 1. The first kappa shape index (κ1) is 18.7. The maximum Gasteiger partial charge on any atom is 0.328 e. The van der Waals surface area contributed by atoms with E-state index in [2.05, 4.69) is 10.6 Å². The minimum absolute atomic E-state index is 0.0628. The minimum atomic E-state index is -3.94. The SMILES string of the molecule is CC=CC(=O)Nc1ccc(S(=O)(=O)NC(=O)NCCCC)cc1. The smallest absolute Gasteiger partial charge is 0.328 e. The summed E-state index contributed by atoms with van der Waals surface area (Å²) in [6.45, 7) is 4.09. The Morgan fingerprint density at radius 1 is 1.17 bits per heavy atom. The molecule has 0 radical (unpaired) electrons. The molecule has 8 heteroatoms. The molecule has 7 nitrogen and oxygen atoms in total. The summed E-state index contributed by atoms with van der Waals surface area (Å²) in [4.78, 5) is 22.8. The maximum atomic E-state index is 12.0. The Bertz CT molecular complexity index is 666. The number of hydrogen-bond donors (Lipinski definition) is 3. The van der Waals surface area contributed by atoms with Crippen LogP contribution in [0.2, 0.25) is 0 Å². The van der Waals surface area contributed by atoms with Gasteiger partial charge in [0.25, 0.3) is 10.0 Å². The highest BCUT2D eigenvalue weighted by atomic mass is 32.2. The van der Waals surface area contributed by atoms with Gasteiger partial charge in [-0.15, -0.1) is 0 Å². The zero-order valence-electron chi connectivity index (χ0n) is 13.1. The van der Waals surface area contributed by atoms with Crippen molar-refractivity contribution in [1.29, 1.82) is 0 Å². The lowest BCUT2D eigenvalue weighted by Crippen LogP contribution is -2.39. The standard InChI is InChI=1S/C15H21N3O4S/c1-3-5-11-16-15(20)18-23(21,22)13-9-7-12(8-10-13)17-14(19)6-4-2/h4,6-10H,3,5,11H2,1-2H3,(H,17,19)(H2,16,18,20). The molecule has 0 unspecified atom stereocenters. The highest BCUT2D eigenvalue weighted by molar-refractivity contribution is 7.90. The fraction of sp³-hybridized carbons (Fsp3) is 0.333. The van der Waals surface area contributed by atoms with Crippen molar-refractivity contribution < 1.29 is 18.0 Å². The fourth-order valence-electron chi connectivity index (χ4n) is 1.65. The van der Waals surface area contributed by atoms with Gasteiger partial charge in [-0.05, 0) is 43.7 Å². The summed E-state index contributed by atoms with van der Waals surface area (Å²) < 4.78 is 26.0. The van der Waals surface area contributed by atoms with E-state index < -0.39 is 16.1 Å². The largest absolute Gasteiger partial charge is 0.337 e. The number of carbonyl (C=O) groups excluding carboxylic acids is 2. The molecule has 0 aliphatic carbocycles. The number of benzene rings is 1. The van der Waals surface area contributed by atoms with Crippen molar-refractivity contribution >= 4 is 27.6 Å². The number of urea groups is 1. The monoisotopic (exact) mass is 339 g/mol. The van der Waals surface area contributed by atoms with Crippen LogP contribution in [0, 0.1) is 0 Å². The molecular weight excluding hydrogens is 318 g/mol. The van der Waals surface area contributed by atoms with Crippen molar-refractivity contribution in [3.05, 3.63) is 36.4 Å². The molecule has 0 bridgehead atoms. The Balaban J connectivity index is 2.70. The lowest BCUT2D eigenvalue weighted by Gasteiger charge is -2.09. The van der Waals surface area contributed by atoms with Gasteiger partial charge in [-0.2, -0.15) is 0 Å². The molecule has 1 aromatic carbocycles. The molecule has 1 aromatic rings. The van der Waals surface area contributed by atoms with E-state index in [1.165, 1.54) is 30.3 Å². The Morgan fingerprint density at radius 2 is 1.83 bits per heavy atom. The van der Waals surface area contributed by atoms with E-state index in [1.54, 1.807) is 13.0 Å². The first-order valence-corrected chi connectivity index (χ1v) is 8.71. The summed E-state index contributed by atoms with van der Waals surface area (Å²) in [5, 5.41) is 5.04. The number of anilines is 1. The van der Waals surface area contributed by atoms with E-state index in [0.717, 1.165) is 12.8 Å². The number of nitrogens with one attached hydrogen (secondary N) is 3. The first-order chi connectivity index (χ1) is 10.9. The van der Waals surface area contributed by atoms with Gasteiger partial charge in [0.15, 0.2) is 0 Å². The molecule has 0 aromatic heterocycles. The highest BCUT2D eigenvalue weighted by Crippen LogP contribution is 2.14. The summed E-state index contributed by atoms with van der Waals surface area (Å²) >= 11 is 0. The topological polar surface area (TPSA) is 104 Å². The van der Waals surface area contributed by atoms with E-state index in [9.17, 15) is 18.0 Å². The van der Waals surface area contributed by atoms with Gasteiger partial charge in [-0.3, -0.25) is 4.79 Å². The van der Waals surface area contributed by atoms with Crippen molar-refractivity contribution in [1.82, 2.24) is 10.0 Å². The molecule has 0 saturated carbocycles. The number of hydrogen-bond acceptors (Lipinski definition) is 4. The van der Waals surface area contributed by atoms with E-state index in [0.29, 0.717) is 12.2 Å². The molecule has 1 rings (SSSR count). The third-order valence-electron chi connectivity index (χ3n) is 2.79. The van der Waals surface area contributed by atoms with Gasteiger partial charge in [0.2, 0.25) is 5.91 Å². The second-order valence-electron chi connectivity index (χ2n) is 4.73. The predicted octanol–water partition coefficient (Wildman–Crippen LogP) is 1.99. The van der Waals surface area contributed by atoms with Crippen molar-refractivity contribution in [2.45, 2.75) is 31.6 Å². The molecule has 0 atom stereocenters. The van der Waals surface area contributed by atoms with Crippen LogP contribution in [0.15, 0.2) is 41.3 Å². The van der Waals surface area contributed by atoms with Crippen LogP contribution in [0.3, 0.4) is 0 Å². The van der Waals surface area contributed by atoms with Crippen molar-refractivity contribution in [2.75, 3.05) is 11.9 Å². The van der Waals surface area contributed by atoms with Crippen LogP contribution < -0.4 is 15.4 Å². The molecule has 3 amide bonds. The fourth-order valence-corrected chi connectivity index (χ4v) is 2.58. The van der Waals surface area contributed by atoms with Crippen LogP contribution >= 0.6 is 0 Å². The molecule has 0 aliphatic heterocycles. The van der Waals surface area contributed by atoms with Crippen LogP contribution in [0.4, 0.5) is 10.5 Å². The van der Waals surface area contributed by atoms with Gasteiger partial charge in [0.05, 0.1) is 4.90 Å². The van der Waals surface area contributed by atoms with Gasteiger partial charge in [-0.25, -0.2) is 17.9 Å². The van der Waals surface area contributed by atoms with Gasteiger partial charge < -0.3 is 10.6 Å². The average molecular weight is 339 g/mol. The Labute approximate surface area is 136 Å². The van der Waals surface area contributed by atoms with Crippen molar-refractivity contribution in [2.24, 2.45) is 0 Å². The van der Waals surface area contributed by atoms with Gasteiger partial charge in [0.1, 0.15) is 0 Å². The van der Waals surface area contributed by atoms with Crippen LogP contribution in [-0.2, 0) is 14.8 Å². The van der Waals surface area contributed by atoms with Gasteiger partial charge in [0, 0.05) is 12.2 Å². The Kier molecular flexibility index (Phi) is 7.27. The summed E-state index contributed by atoms with van der Waals surface area (Å²) in [6, 6.07) is 4.76. The van der Waals surface area contributed by atoms with Crippen LogP contribution in [-0.4, -0.2) is 26.9 Å². The molecule has 0 spiro atoms. The van der Waals surface area contributed by atoms with Crippen LogP contribution in [0.1, 0.15) is 26.7 Å². The van der Waals surface area contributed by atoms with Gasteiger partial charge >= 0.3 is 6.03 Å². The third-order valence-corrected chi connectivity index (χ3v) is 4.14. The van der Waals surface area contributed by atoms with Gasteiger partial charge in [-0.1, -0.05) is 19.4 Å². The molecule has 23 heavy (non-hydrogen) atoms. The first-order valence-electron chi connectivity index (χ1n) is 7.23. The lowest BCUT2D eigenvalue weighted by molar-refractivity contribution is -0.111. The number of rotatable bonds is 7. The van der Waals surface area contributed by atoms with E-state index >= 15 is 0 Å². The van der Waals surface area contributed by atoms with Crippen molar-refractivity contribution in [3.8, 4) is 0 Å². The number of sulfonamides is 1. The predicted molar refractivity (Wildman–Crippen MR) is 88.5 cm³/mol. The average Bonchev–Trinajstić information content (AvgIpc) is 2.47. The Morgan fingerprint density at radius 3 is 2.39 bits per heavy atom. The summed E-state index contributed by atoms with van der Waals surface area (Å²) in [5.41, 5.74) is 0.458. The van der Waals surface area contributed by atoms with Crippen molar-refractivity contribution in [3.63, 3.8) is 0 Å². The van der Waals surface area contributed by atoms with E-state index in [-0.39, 0.29) is 10.8 Å². The van der Waals surface area contributed by atoms with Crippen LogP contribution in [0.5, 0.6) is 0 Å². The number of carbonyl (C=O) groups is 2. The summed E-state index contributed by atoms with van der Waals surface area (Å²) in [5.74, 6) is -0.309. The minimum Gasteiger partial charge on any atom is -0.337 e. The zero-order valence-corrected chi connectivity index (χ0v) is 13.9. The number of unbranched alkanes of at least 4 members (excludes halogenated alkanes) is 1. The molecule has 126 valence electrons. The maximum absolute atomic E-state index is 12.0. The lowest BCUT2D eigenvalue weighted by atomic mass is 10.3. The normalized spacial score (nSPS) is 11.2. The summed E-state index contributed by atoms with van der Waals surface area (Å²) in [6.07, 6.45) is 4.61. The molecule has 0 heterocycles. The molecular formula is C15H21N3O4S. The quantitative estimate of drug-likeness (QED) is 0.522. The summed E-state index contributed by atoms with van der Waals surface area (Å²) in [7, 11) is -3.94. The van der Waals surface area contributed by atoms with Crippen LogP contribution in [0.25, 0.3) is 0 Å².